The van der Waals surface area contributed by atoms with Gasteiger partial charge in [0.2, 0.25) is 0 Å². The molecule has 0 amide bonds. The Bertz CT molecular complexity index is 291. The van der Waals surface area contributed by atoms with Crippen LogP contribution in [0.15, 0.2) is 11.6 Å². The van der Waals surface area contributed by atoms with Crippen LogP contribution in [0.3, 0.4) is 0 Å². The van der Waals surface area contributed by atoms with Gasteiger partial charge in [0, 0.05) is 12.1 Å². The molecule has 0 heterocycles. The Labute approximate surface area is 104 Å². The third kappa shape index (κ3) is 3.84. The topological polar surface area (TPSA) is 38.3 Å². The molecular formula is C14H23NO2. The summed E-state index contributed by atoms with van der Waals surface area (Å²) in [5.41, 5.74) is 0.689. The van der Waals surface area contributed by atoms with Gasteiger partial charge in [-0.05, 0) is 56.9 Å². The van der Waals surface area contributed by atoms with E-state index in [-0.39, 0.29) is 5.97 Å². The van der Waals surface area contributed by atoms with Crippen molar-refractivity contribution in [3.63, 3.8) is 0 Å². The van der Waals surface area contributed by atoms with Crippen molar-refractivity contribution in [1.29, 1.82) is 0 Å². The van der Waals surface area contributed by atoms with Gasteiger partial charge in [-0.2, -0.15) is 0 Å². The van der Waals surface area contributed by atoms with E-state index < -0.39 is 0 Å². The van der Waals surface area contributed by atoms with Crippen molar-refractivity contribution >= 4 is 5.97 Å². The Balaban J connectivity index is 1.66. The van der Waals surface area contributed by atoms with Crippen molar-refractivity contribution in [2.75, 3.05) is 20.2 Å². The molecule has 1 N–H and O–H groups in total. The van der Waals surface area contributed by atoms with Gasteiger partial charge in [0.1, 0.15) is 0 Å². The van der Waals surface area contributed by atoms with E-state index in [1.807, 2.05) is 6.08 Å². The van der Waals surface area contributed by atoms with Crippen LogP contribution in [0.25, 0.3) is 0 Å². The quantitative estimate of drug-likeness (QED) is 0.419. The third-order valence-corrected chi connectivity index (χ3v) is 3.90. The molecule has 3 nitrogen and oxygen atoms in total. The standard InChI is InChI=1S/C14H23NO2/c1-10(14(16)17-2)7-8-15-9-13(11-3-4-11)12-5-6-12/h7,11-13,15H,3-6,8-9H2,1-2H3. The highest BCUT2D eigenvalue weighted by Gasteiger charge is 2.40. The first-order valence-corrected chi connectivity index (χ1v) is 6.68. The van der Waals surface area contributed by atoms with Crippen LogP contribution < -0.4 is 5.32 Å². The zero-order chi connectivity index (χ0) is 12.3. The van der Waals surface area contributed by atoms with Gasteiger partial charge in [-0.15, -0.1) is 0 Å². The Morgan fingerprint density at radius 3 is 2.41 bits per heavy atom. The van der Waals surface area contributed by atoms with Crippen molar-refractivity contribution in [3.8, 4) is 0 Å². The Hall–Kier alpha value is -0.830. The molecule has 2 fully saturated rings. The minimum Gasteiger partial charge on any atom is -0.466 e. The number of hydrogen-bond acceptors (Lipinski definition) is 3. The van der Waals surface area contributed by atoms with Gasteiger partial charge in [-0.3, -0.25) is 0 Å². The molecule has 0 aromatic carbocycles. The molecule has 0 spiro atoms. The van der Waals surface area contributed by atoms with E-state index >= 15 is 0 Å². The SMILES string of the molecule is COC(=O)C(C)=CCNCC(C1CC1)C1CC1. The lowest BCUT2D eigenvalue weighted by Crippen LogP contribution is -2.26. The smallest absolute Gasteiger partial charge is 0.333 e. The molecule has 0 unspecified atom stereocenters. The summed E-state index contributed by atoms with van der Waals surface area (Å²) in [6, 6.07) is 0. The molecule has 17 heavy (non-hydrogen) atoms. The van der Waals surface area contributed by atoms with Gasteiger partial charge in [0.15, 0.2) is 0 Å². The van der Waals surface area contributed by atoms with Crippen LogP contribution in [0.4, 0.5) is 0 Å². The molecule has 0 aromatic rings. The molecule has 0 aliphatic heterocycles. The van der Waals surface area contributed by atoms with Gasteiger partial charge in [-0.25, -0.2) is 4.79 Å². The van der Waals surface area contributed by atoms with Crippen molar-refractivity contribution in [3.05, 3.63) is 11.6 Å². The Kier molecular flexibility index (Phi) is 4.21. The average Bonchev–Trinajstić information content (AvgIpc) is 3.17. The molecular weight excluding hydrogens is 214 g/mol. The highest BCUT2D eigenvalue weighted by molar-refractivity contribution is 5.87. The number of methoxy groups -OCH3 is 1. The first kappa shape index (κ1) is 12.6. The number of ether oxygens (including phenoxy) is 1. The number of rotatable bonds is 7. The molecule has 0 aromatic heterocycles. The predicted molar refractivity (Wildman–Crippen MR) is 67.6 cm³/mol. The van der Waals surface area contributed by atoms with E-state index in [0.717, 1.165) is 30.8 Å². The van der Waals surface area contributed by atoms with Crippen LogP contribution in [0.2, 0.25) is 0 Å². The van der Waals surface area contributed by atoms with E-state index in [2.05, 4.69) is 10.1 Å². The van der Waals surface area contributed by atoms with Crippen molar-refractivity contribution in [1.82, 2.24) is 5.32 Å². The highest BCUT2D eigenvalue weighted by Crippen LogP contribution is 2.48. The summed E-state index contributed by atoms with van der Waals surface area (Å²) in [4.78, 5) is 11.2. The van der Waals surface area contributed by atoms with E-state index in [1.54, 1.807) is 6.92 Å². The van der Waals surface area contributed by atoms with Gasteiger partial charge < -0.3 is 10.1 Å². The van der Waals surface area contributed by atoms with Crippen LogP contribution in [0.1, 0.15) is 32.6 Å². The van der Waals surface area contributed by atoms with Crippen LogP contribution >= 0.6 is 0 Å². The molecule has 2 aliphatic carbocycles. The lowest BCUT2D eigenvalue weighted by Gasteiger charge is -2.15. The molecule has 2 rings (SSSR count). The zero-order valence-corrected chi connectivity index (χ0v) is 10.9. The van der Waals surface area contributed by atoms with Gasteiger partial charge in [0.25, 0.3) is 0 Å². The summed E-state index contributed by atoms with van der Waals surface area (Å²) in [6.45, 7) is 3.68. The molecule has 96 valence electrons. The second-order valence-corrected chi connectivity index (χ2v) is 5.38. The third-order valence-electron chi connectivity index (χ3n) is 3.90. The number of carbonyl (C=O) groups excluding carboxylic acids is 1. The molecule has 0 bridgehead atoms. The lowest BCUT2D eigenvalue weighted by molar-refractivity contribution is -0.136. The van der Waals surface area contributed by atoms with E-state index in [4.69, 9.17) is 0 Å². The van der Waals surface area contributed by atoms with Gasteiger partial charge in [-0.1, -0.05) is 6.08 Å². The van der Waals surface area contributed by atoms with E-state index in [1.165, 1.54) is 32.8 Å². The maximum absolute atomic E-state index is 11.2. The maximum Gasteiger partial charge on any atom is 0.333 e. The molecule has 2 saturated carbocycles. The minimum absolute atomic E-state index is 0.229. The summed E-state index contributed by atoms with van der Waals surface area (Å²) in [5, 5.41) is 3.45. The van der Waals surface area contributed by atoms with Crippen LogP contribution in [-0.4, -0.2) is 26.2 Å². The first-order chi connectivity index (χ1) is 8.22. The van der Waals surface area contributed by atoms with Crippen LogP contribution in [0.5, 0.6) is 0 Å². The number of hydrogen-bond donors (Lipinski definition) is 1. The summed E-state index contributed by atoms with van der Waals surface area (Å²) >= 11 is 0. The van der Waals surface area contributed by atoms with Crippen molar-refractivity contribution in [2.24, 2.45) is 17.8 Å². The summed E-state index contributed by atoms with van der Waals surface area (Å²) in [7, 11) is 1.42. The second kappa shape index (κ2) is 5.67. The van der Waals surface area contributed by atoms with Crippen LogP contribution in [0, 0.1) is 17.8 Å². The fourth-order valence-corrected chi connectivity index (χ4v) is 2.49. The van der Waals surface area contributed by atoms with Crippen molar-refractivity contribution in [2.45, 2.75) is 32.6 Å². The normalized spacial score (nSPS) is 20.8. The fourth-order valence-electron chi connectivity index (χ4n) is 2.49. The number of carbonyl (C=O) groups is 1. The molecule has 3 heteroatoms. The zero-order valence-electron chi connectivity index (χ0n) is 10.9. The molecule has 0 saturated heterocycles. The van der Waals surface area contributed by atoms with Gasteiger partial charge >= 0.3 is 5.97 Å². The molecule has 0 atom stereocenters. The van der Waals surface area contributed by atoms with E-state index in [0.29, 0.717) is 5.57 Å². The minimum atomic E-state index is -0.229. The summed E-state index contributed by atoms with van der Waals surface area (Å²) in [6.07, 6.45) is 7.64. The maximum atomic E-state index is 11.2. The first-order valence-electron chi connectivity index (χ1n) is 6.68. The fraction of sp³-hybridized carbons (Fsp3) is 0.786. The summed E-state index contributed by atoms with van der Waals surface area (Å²) < 4.78 is 4.65. The number of esters is 1. The molecule has 0 radical (unpaired) electrons. The van der Waals surface area contributed by atoms with Crippen LogP contribution in [-0.2, 0) is 9.53 Å². The second-order valence-electron chi connectivity index (χ2n) is 5.38. The predicted octanol–water partition coefficient (Wildman–Crippen LogP) is 2.13. The van der Waals surface area contributed by atoms with Crippen molar-refractivity contribution < 1.29 is 9.53 Å². The average molecular weight is 237 g/mol. The number of nitrogens with one attached hydrogen (secondary N) is 1. The highest BCUT2D eigenvalue weighted by atomic mass is 16.5. The largest absolute Gasteiger partial charge is 0.466 e. The van der Waals surface area contributed by atoms with Gasteiger partial charge in [0.05, 0.1) is 7.11 Å². The Morgan fingerprint density at radius 1 is 1.35 bits per heavy atom. The Morgan fingerprint density at radius 2 is 1.94 bits per heavy atom. The van der Waals surface area contributed by atoms with E-state index in [9.17, 15) is 4.79 Å². The lowest BCUT2D eigenvalue weighted by atomic mass is 9.98. The monoisotopic (exact) mass is 237 g/mol. The molecule has 2 aliphatic rings. The summed E-state index contributed by atoms with van der Waals surface area (Å²) in [5.74, 6) is 2.64.